The molecule has 0 saturated carbocycles. The number of fused-ring (bicyclic) bond motifs is 1. The van der Waals surface area contributed by atoms with E-state index in [1.54, 1.807) is 0 Å². The van der Waals surface area contributed by atoms with Gasteiger partial charge in [-0.1, -0.05) is 48.5 Å². The summed E-state index contributed by atoms with van der Waals surface area (Å²) in [6.45, 7) is 4.60. The van der Waals surface area contributed by atoms with E-state index in [9.17, 15) is 0 Å². The lowest BCUT2D eigenvalue weighted by Gasteiger charge is -2.11. The Morgan fingerprint density at radius 2 is 1.73 bits per heavy atom. The minimum absolute atomic E-state index is 0. The molecule has 138 valence electrons. The number of rotatable bonds is 7. The number of H-pyrrole nitrogens is 1. The predicted molar refractivity (Wildman–Crippen MR) is 122 cm³/mol. The van der Waals surface area contributed by atoms with Gasteiger partial charge in [-0.3, -0.25) is 4.99 Å². The van der Waals surface area contributed by atoms with Gasteiger partial charge in [-0.25, -0.2) is 0 Å². The van der Waals surface area contributed by atoms with E-state index in [0.717, 1.165) is 38.4 Å². The van der Waals surface area contributed by atoms with Crippen LogP contribution in [0.4, 0.5) is 0 Å². The van der Waals surface area contributed by atoms with Crippen molar-refractivity contribution >= 4 is 40.8 Å². The molecular formula is C21H27IN4. The fourth-order valence-corrected chi connectivity index (χ4v) is 2.94. The van der Waals surface area contributed by atoms with Crippen LogP contribution in [0.1, 0.15) is 18.1 Å². The van der Waals surface area contributed by atoms with Crippen LogP contribution in [0, 0.1) is 0 Å². The van der Waals surface area contributed by atoms with Crippen LogP contribution >= 0.6 is 24.0 Å². The Kier molecular flexibility index (Phi) is 8.47. The zero-order valence-electron chi connectivity index (χ0n) is 15.2. The highest BCUT2D eigenvalue weighted by molar-refractivity contribution is 14.0. The lowest BCUT2D eigenvalue weighted by molar-refractivity contribution is 0.797. The lowest BCUT2D eigenvalue weighted by atomic mass is 10.1. The largest absolute Gasteiger partial charge is 0.361 e. The average Bonchev–Trinajstić information content (AvgIpc) is 3.06. The summed E-state index contributed by atoms with van der Waals surface area (Å²) in [4.78, 5) is 8.03. The topological polar surface area (TPSA) is 52.2 Å². The maximum absolute atomic E-state index is 4.71. The molecule has 26 heavy (non-hydrogen) atoms. The van der Waals surface area contributed by atoms with E-state index in [0.29, 0.717) is 0 Å². The van der Waals surface area contributed by atoms with Crippen LogP contribution < -0.4 is 10.6 Å². The first-order valence-electron chi connectivity index (χ1n) is 8.98. The van der Waals surface area contributed by atoms with Gasteiger partial charge in [0, 0.05) is 36.7 Å². The van der Waals surface area contributed by atoms with Gasteiger partial charge in [0.05, 0.1) is 0 Å². The van der Waals surface area contributed by atoms with E-state index in [1.807, 2.05) is 6.07 Å². The summed E-state index contributed by atoms with van der Waals surface area (Å²) in [5, 5.41) is 8.03. The van der Waals surface area contributed by atoms with E-state index in [-0.39, 0.29) is 24.0 Å². The normalized spacial score (nSPS) is 11.2. The van der Waals surface area contributed by atoms with E-state index in [1.165, 1.54) is 22.0 Å². The number of nitrogens with zero attached hydrogens (tertiary/aromatic N) is 1. The highest BCUT2D eigenvalue weighted by atomic mass is 127. The second-order valence-electron chi connectivity index (χ2n) is 6.03. The molecule has 0 radical (unpaired) electrons. The average molecular weight is 462 g/mol. The zero-order valence-corrected chi connectivity index (χ0v) is 17.5. The Morgan fingerprint density at radius 3 is 2.54 bits per heavy atom. The third kappa shape index (κ3) is 5.76. The Labute approximate surface area is 172 Å². The molecule has 0 saturated heterocycles. The highest BCUT2D eigenvalue weighted by Crippen LogP contribution is 2.17. The summed E-state index contributed by atoms with van der Waals surface area (Å²) in [6, 6.07) is 18.9. The first kappa shape index (κ1) is 20.3. The maximum atomic E-state index is 4.71. The fraction of sp³-hybridized carbons (Fsp3) is 0.286. The van der Waals surface area contributed by atoms with Gasteiger partial charge in [0.25, 0.3) is 0 Å². The lowest BCUT2D eigenvalue weighted by Crippen LogP contribution is -2.38. The summed E-state index contributed by atoms with van der Waals surface area (Å²) in [7, 11) is 0. The molecule has 3 rings (SSSR count). The van der Waals surface area contributed by atoms with Crippen molar-refractivity contribution < 1.29 is 0 Å². The Hall–Kier alpha value is -2.02. The molecule has 0 aliphatic carbocycles. The molecule has 0 atom stereocenters. The zero-order chi connectivity index (χ0) is 17.3. The van der Waals surface area contributed by atoms with Crippen molar-refractivity contribution in [3.63, 3.8) is 0 Å². The Balaban J connectivity index is 0.00000243. The van der Waals surface area contributed by atoms with Gasteiger partial charge in [0.2, 0.25) is 0 Å². The highest BCUT2D eigenvalue weighted by Gasteiger charge is 2.03. The molecule has 0 bridgehead atoms. The number of aromatic amines is 1. The van der Waals surface area contributed by atoms with Crippen LogP contribution in [-0.2, 0) is 12.8 Å². The standard InChI is InChI=1S/C21H26N4.HI/c1-2-22-21(23-14-12-17-8-4-3-5-9-17)24-15-13-18-16-25-20-11-7-6-10-19(18)20;/h3-11,16,25H,2,12-15H2,1H3,(H2,22,23,24);1H. The van der Waals surface area contributed by atoms with Crippen molar-refractivity contribution in [2.24, 2.45) is 4.99 Å². The molecule has 4 nitrogen and oxygen atoms in total. The number of hydrogen-bond acceptors (Lipinski definition) is 1. The van der Waals surface area contributed by atoms with Gasteiger partial charge in [-0.15, -0.1) is 24.0 Å². The van der Waals surface area contributed by atoms with Gasteiger partial charge in [0.15, 0.2) is 5.96 Å². The third-order valence-electron chi connectivity index (χ3n) is 4.22. The Morgan fingerprint density at radius 1 is 0.962 bits per heavy atom. The van der Waals surface area contributed by atoms with Crippen molar-refractivity contribution in [2.45, 2.75) is 19.8 Å². The van der Waals surface area contributed by atoms with Crippen molar-refractivity contribution in [1.29, 1.82) is 0 Å². The monoisotopic (exact) mass is 462 g/mol. The van der Waals surface area contributed by atoms with Crippen molar-refractivity contribution in [3.05, 3.63) is 71.9 Å². The molecule has 0 unspecified atom stereocenters. The van der Waals surface area contributed by atoms with Crippen LogP contribution in [0.15, 0.2) is 65.8 Å². The second-order valence-corrected chi connectivity index (χ2v) is 6.03. The van der Waals surface area contributed by atoms with Crippen molar-refractivity contribution in [1.82, 2.24) is 15.6 Å². The number of guanidine groups is 1. The number of halogens is 1. The van der Waals surface area contributed by atoms with Crippen LogP contribution in [0.2, 0.25) is 0 Å². The molecule has 0 spiro atoms. The van der Waals surface area contributed by atoms with Crippen LogP contribution in [-0.4, -0.2) is 30.6 Å². The number of nitrogens with one attached hydrogen (secondary N) is 3. The van der Waals surface area contributed by atoms with Crippen molar-refractivity contribution in [3.8, 4) is 0 Å². The van der Waals surface area contributed by atoms with E-state index >= 15 is 0 Å². The molecular weight excluding hydrogens is 435 g/mol. The van der Waals surface area contributed by atoms with E-state index in [4.69, 9.17) is 4.99 Å². The molecule has 0 aliphatic heterocycles. The SMILES string of the molecule is CCNC(=NCCc1c[nH]c2ccccc12)NCCc1ccccc1.I. The summed E-state index contributed by atoms with van der Waals surface area (Å²) < 4.78 is 0. The fourth-order valence-electron chi connectivity index (χ4n) is 2.94. The first-order chi connectivity index (χ1) is 12.4. The molecule has 1 heterocycles. The quantitative estimate of drug-likeness (QED) is 0.281. The molecule has 5 heteroatoms. The minimum atomic E-state index is 0. The van der Waals surface area contributed by atoms with Crippen LogP contribution in [0.5, 0.6) is 0 Å². The molecule has 1 aromatic heterocycles. The number of aromatic nitrogens is 1. The van der Waals surface area contributed by atoms with Crippen LogP contribution in [0.25, 0.3) is 10.9 Å². The van der Waals surface area contributed by atoms with Crippen molar-refractivity contribution in [2.75, 3.05) is 19.6 Å². The molecule has 0 amide bonds. The summed E-state index contributed by atoms with van der Waals surface area (Å²) in [5.74, 6) is 0.887. The number of benzene rings is 2. The summed E-state index contributed by atoms with van der Waals surface area (Å²) in [5.41, 5.74) is 3.85. The van der Waals surface area contributed by atoms with Crippen LogP contribution in [0.3, 0.4) is 0 Å². The molecule has 3 N–H and O–H groups in total. The summed E-state index contributed by atoms with van der Waals surface area (Å²) >= 11 is 0. The van der Waals surface area contributed by atoms with Gasteiger partial charge in [-0.05, 0) is 37.0 Å². The molecule has 2 aromatic carbocycles. The van der Waals surface area contributed by atoms with Gasteiger partial charge < -0.3 is 15.6 Å². The first-order valence-corrected chi connectivity index (χ1v) is 8.98. The molecule has 0 fully saturated rings. The maximum Gasteiger partial charge on any atom is 0.191 e. The number of hydrogen-bond donors (Lipinski definition) is 3. The minimum Gasteiger partial charge on any atom is -0.361 e. The Bertz CT molecular complexity index is 811. The van der Waals surface area contributed by atoms with E-state index < -0.39 is 0 Å². The van der Waals surface area contributed by atoms with E-state index in [2.05, 4.69) is 77.3 Å². The summed E-state index contributed by atoms with van der Waals surface area (Å²) in [6.07, 6.45) is 4.02. The molecule has 3 aromatic rings. The van der Waals surface area contributed by atoms with Gasteiger partial charge in [-0.2, -0.15) is 0 Å². The second kappa shape index (κ2) is 10.9. The number of para-hydroxylation sites is 1. The predicted octanol–water partition coefficient (Wildman–Crippen LogP) is 4.13. The van der Waals surface area contributed by atoms with Gasteiger partial charge in [0.1, 0.15) is 0 Å². The molecule has 0 aliphatic rings. The third-order valence-corrected chi connectivity index (χ3v) is 4.22. The number of aliphatic imine (C=N–C) groups is 1. The smallest absolute Gasteiger partial charge is 0.191 e. The van der Waals surface area contributed by atoms with Gasteiger partial charge >= 0.3 is 0 Å².